The van der Waals surface area contributed by atoms with E-state index < -0.39 is 0 Å². The lowest BCUT2D eigenvalue weighted by Crippen LogP contribution is -2.24. The van der Waals surface area contributed by atoms with Gasteiger partial charge in [-0.3, -0.25) is 9.59 Å². The van der Waals surface area contributed by atoms with Crippen molar-refractivity contribution in [3.63, 3.8) is 0 Å². The summed E-state index contributed by atoms with van der Waals surface area (Å²) in [6.45, 7) is 1.16. The number of thiophene rings is 1. The zero-order chi connectivity index (χ0) is 15.1. The third kappa shape index (κ3) is 4.44. The Labute approximate surface area is 126 Å². The molecule has 0 saturated carbocycles. The molecule has 0 aliphatic carbocycles. The third-order valence-corrected chi connectivity index (χ3v) is 3.62. The molecule has 7 heteroatoms. The molecule has 0 aliphatic rings. The molecule has 21 heavy (non-hydrogen) atoms. The highest BCUT2D eigenvalue weighted by atomic mass is 32.1. The second kappa shape index (κ2) is 7.61. The summed E-state index contributed by atoms with van der Waals surface area (Å²) in [6, 6.07) is 6.58. The number of carbonyl (C=O) groups is 2. The highest BCUT2D eigenvalue weighted by Crippen LogP contribution is 2.22. The fourth-order valence-electron chi connectivity index (χ4n) is 1.61. The Bertz CT molecular complexity index is 592. The van der Waals surface area contributed by atoms with Crippen LogP contribution < -0.4 is 10.6 Å². The summed E-state index contributed by atoms with van der Waals surface area (Å²) in [4.78, 5) is 24.2. The first kappa shape index (κ1) is 15.3. The lowest BCUT2D eigenvalue weighted by molar-refractivity contribution is 0.0951. The standard InChI is InChI=1S/C14H16N2O4S/c1-19-8-3-7-15-14(18)11-5-6-12(21-11)16-13(17)10-4-2-9-20-10/h2,4-6,9H,3,7-8H2,1H3,(H,15,18)(H,16,17). The van der Waals surface area contributed by atoms with E-state index in [1.165, 1.54) is 17.6 Å². The largest absolute Gasteiger partial charge is 0.459 e. The van der Waals surface area contributed by atoms with Crippen molar-refractivity contribution in [2.24, 2.45) is 0 Å². The van der Waals surface area contributed by atoms with Crippen LogP contribution in [0.2, 0.25) is 0 Å². The first-order chi connectivity index (χ1) is 10.2. The molecule has 0 bridgehead atoms. The fraction of sp³-hybridized carbons (Fsp3) is 0.286. The third-order valence-electron chi connectivity index (χ3n) is 2.62. The van der Waals surface area contributed by atoms with Crippen molar-refractivity contribution < 1.29 is 18.7 Å². The molecule has 0 aliphatic heterocycles. The van der Waals surface area contributed by atoms with Gasteiger partial charge in [-0.1, -0.05) is 0 Å². The number of methoxy groups -OCH3 is 1. The topological polar surface area (TPSA) is 80.6 Å². The van der Waals surface area contributed by atoms with Gasteiger partial charge >= 0.3 is 0 Å². The summed E-state index contributed by atoms with van der Waals surface area (Å²) in [5.41, 5.74) is 0. The molecule has 0 spiro atoms. The number of furan rings is 1. The summed E-state index contributed by atoms with van der Waals surface area (Å²) >= 11 is 1.21. The minimum atomic E-state index is -0.339. The second-order valence-electron chi connectivity index (χ2n) is 4.20. The van der Waals surface area contributed by atoms with Crippen LogP contribution in [0.15, 0.2) is 34.9 Å². The Kier molecular flexibility index (Phi) is 5.53. The zero-order valence-electron chi connectivity index (χ0n) is 11.5. The maximum atomic E-state index is 11.9. The lowest BCUT2D eigenvalue weighted by atomic mass is 10.4. The van der Waals surface area contributed by atoms with Gasteiger partial charge in [-0.25, -0.2) is 0 Å². The van der Waals surface area contributed by atoms with Crippen molar-refractivity contribution in [2.45, 2.75) is 6.42 Å². The van der Waals surface area contributed by atoms with E-state index in [9.17, 15) is 9.59 Å². The van der Waals surface area contributed by atoms with Crippen LogP contribution in [-0.2, 0) is 4.74 Å². The minimum absolute atomic E-state index is 0.158. The van der Waals surface area contributed by atoms with Crippen LogP contribution >= 0.6 is 11.3 Å². The highest BCUT2D eigenvalue weighted by Gasteiger charge is 2.12. The van der Waals surface area contributed by atoms with Gasteiger partial charge in [0.2, 0.25) is 0 Å². The quantitative estimate of drug-likeness (QED) is 0.769. The molecule has 0 atom stereocenters. The Morgan fingerprint density at radius 3 is 2.86 bits per heavy atom. The molecular formula is C14H16N2O4S. The van der Waals surface area contributed by atoms with Crippen LogP contribution in [-0.4, -0.2) is 32.1 Å². The number of hydrogen-bond acceptors (Lipinski definition) is 5. The summed E-state index contributed by atoms with van der Waals surface area (Å²) in [7, 11) is 1.62. The minimum Gasteiger partial charge on any atom is -0.459 e. The van der Waals surface area contributed by atoms with Crippen molar-refractivity contribution >= 4 is 28.2 Å². The van der Waals surface area contributed by atoms with E-state index in [2.05, 4.69) is 10.6 Å². The molecule has 2 aromatic rings. The molecule has 0 aromatic carbocycles. The molecule has 2 amide bonds. The van der Waals surface area contributed by atoms with Crippen LogP contribution in [0.1, 0.15) is 26.6 Å². The normalized spacial score (nSPS) is 10.3. The number of amides is 2. The van der Waals surface area contributed by atoms with E-state index in [0.29, 0.717) is 23.0 Å². The van der Waals surface area contributed by atoms with E-state index in [4.69, 9.17) is 9.15 Å². The molecule has 6 nitrogen and oxygen atoms in total. The number of carbonyl (C=O) groups excluding carboxylic acids is 2. The van der Waals surface area contributed by atoms with Crippen LogP contribution in [0.4, 0.5) is 5.00 Å². The Hall–Kier alpha value is -2.12. The molecule has 2 rings (SSSR count). The van der Waals surface area contributed by atoms with Crippen LogP contribution in [0.3, 0.4) is 0 Å². The Morgan fingerprint density at radius 1 is 1.29 bits per heavy atom. The van der Waals surface area contributed by atoms with Crippen molar-refractivity contribution in [1.29, 1.82) is 0 Å². The van der Waals surface area contributed by atoms with E-state index >= 15 is 0 Å². The molecule has 112 valence electrons. The van der Waals surface area contributed by atoms with Crippen molar-refractivity contribution in [3.8, 4) is 0 Å². The van der Waals surface area contributed by atoms with E-state index in [1.807, 2.05) is 0 Å². The predicted octanol–water partition coefficient (Wildman–Crippen LogP) is 2.36. The van der Waals surface area contributed by atoms with Gasteiger partial charge in [0.1, 0.15) is 0 Å². The van der Waals surface area contributed by atoms with Gasteiger partial charge in [-0.2, -0.15) is 0 Å². The van der Waals surface area contributed by atoms with Crippen LogP contribution in [0, 0.1) is 0 Å². The Balaban J connectivity index is 1.86. The van der Waals surface area contributed by atoms with Crippen LogP contribution in [0.5, 0.6) is 0 Å². The summed E-state index contributed by atoms with van der Waals surface area (Å²) < 4.78 is 9.91. The number of hydrogen-bond donors (Lipinski definition) is 2. The van der Waals surface area contributed by atoms with Gasteiger partial charge in [0.15, 0.2) is 5.76 Å². The van der Waals surface area contributed by atoms with Gasteiger partial charge in [-0.15, -0.1) is 11.3 Å². The SMILES string of the molecule is COCCCNC(=O)c1ccc(NC(=O)c2ccco2)s1. The average Bonchev–Trinajstić information content (AvgIpc) is 3.14. The monoisotopic (exact) mass is 308 g/mol. The molecule has 0 unspecified atom stereocenters. The number of rotatable bonds is 7. The molecular weight excluding hydrogens is 292 g/mol. The molecule has 2 aromatic heterocycles. The predicted molar refractivity (Wildman–Crippen MR) is 79.8 cm³/mol. The molecule has 2 heterocycles. The first-order valence-corrected chi connectivity index (χ1v) is 7.24. The van der Waals surface area contributed by atoms with Crippen molar-refractivity contribution in [1.82, 2.24) is 5.32 Å². The fourth-order valence-corrected chi connectivity index (χ4v) is 2.43. The number of nitrogens with one attached hydrogen (secondary N) is 2. The Morgan fingerprint density at radius 2 is 2.14 bits per heavy atom. The van der Waals surface area contributed by atoms with Gasteiger partial charge in [0.25, 0.3) is 11.8 Å². The van der Waals surface area contributed by atoms with E-state index in [1.54, 1.807) is 31.4 Å². The first-order valence-electron chi connectivity index (χ1n) is 6.42. The maximum absolute atomic E-state index is 11.9. The van der Waals surface area contributed by atoms with Gasteiger partial charge in [-0.05, 0) is 30.7 Å². The summed E-state index contributed by atoms with van der Waals surface area (Å²) in [5, 5.41) is 6.07. The van der Waals surface area contributed by atoms with Gasteiger partial charge in [0, 0.05) is 20.3 Å². The lowest BCUT2D eigenvalue weighted by Gasteiger charge is -2.02. The van der Waals surface area contributed by atoms with Gasteiger partial charge < -0.3 is 19.8 Å². The van der Waals surface area contributed by atoms with Crippen molar-refractivity contribution in [3.05, 3.63) is 41.2 Å². The van der Waals surface area contributed by atoms with Gasteiger partial charge in [0.05, 0.1) is 16.1 Å². The summed E-state index contributed by atoms with van der Waals surface area (Å²) in [5.74, 6) is -0.266. The van der Waals surface area contributed by atoms with Crippen LogP contribution in [0.25, 0.3) is 0 Å². The molecule has 0 saturated heterocycles. The zero-order valence-corrected chi connectivity index (χ0v) is 12.4. The maximum Gasteiger partial charge on any atom is 0.291 e. The second-order valence-corrected chi connectivity index (χ2v) is 5.28. The smallest absolute Gasteiger partial charge is 0.291 e. The average molecular weight is 308 g/mol. The molecule has 0 fully saturated rings. The molecule has 2 N–H and O–H groups in total. The number of anilines is 1. The number of ether oxygens (including phenoxy) is 1. The van der Waals surface area contributed by atoms with E-state index in [0.717, 1.165) is 6.42 Å². The van der Waals surface area contributed by atoms with E-state index in [-0.39, 0.29) is 17.6 Å². The molecule has 0 radical (unpaired) electrons. The summed E-state index contributed by atoms with van der Waals surface area (Å²) in [6.07, 6.45) is 2.19. The van der Waals surface area contributed by atoms with Crippen molar-refractivity contribution in [2.75, 3.05) is 25.6 Å². The highest BCUT2D eigenvalue weighted by molar-refractivity contribution is 7.18.